The van der Waals surface area contributed by atoms with Gasteiger partial charge in [-0.05, 0) is 73.1 Å². The van der Waals surface area contributed by atoms with Crippen LogP contribution in [0.5, 0.6) is 0 Å². The Balaban J connectivity index is 1.50. The van der Waals surface area contributed by atoms with Gasteiger partial charge in [0.15, 0.2) is 9.84 Å². The quantitative estimate of drug-likeness (QED) is 0.695. The fourth-order valence-electron chi connectivity index (χ4n) is 5.24. The predicted octanol–water partition coefficient (Wildman–Crippen LogP) is 4.49. The Bertz CT molecular complexity index is 1170. The van der Waals surface area contributed by atoms with Gasteiger partial charge in [-0.3, -0.25) is 4.79 Å². The second-order valence-electron chi connectivity index (χ2n) is 9.36. The van der Waals surface area contributed by atoms with E-state index in [1.54, 1.807) is 0 Å². The Hall–Kier alpha value is -2.65. The number of amides is 1. The molecule has 31 heavy (non-hydrogen) atoms. The number of hydrogen-bond acceptors (Lipinski definition) is 4. The van der Waals surface area contributed by atoms with Gasteiger partial charge < -0.3 is 4.90 Å². The van der Waals surface area contributed by atoms with E-state index in [9.17, 15) is 13.2 Å². The van der Waals surface area contributed by atoms with E-state index in [1.807, 2.05) is 29.2 Å². The molecule has 2 aromatic carbocycles. The highest BCUT2D eigenvalue weighted by Gasteiger charge is 2.45. The topological polar surface area (TPSA) is 78.2 Å². The van der Waals surface area contributed by atoms with E-state index in [0.29, 0.717) is 17.9 Å². The lowest BCUT2D eigenvalue weighted by Gasteiger charge is -2.41. The summed E-state index contributed by atoms with van der Waals surface area (Å²) in [6.45, 7) is 0.783. The molecular formula is C25H26N2O3S. The van der Waals surface area contributed by atoms with Crippen LogP contribution in [0.1, 0.15) is 61.6 Å². The Morgan fingerprint density at radius 1 is 1.06 bits per heavy atom. The van der Waals surface area contributed by atoms with Gasteiger partial charge in [0.25, 0.3) is 0 Å². The minimum atomic E-state index is -3.52. The van der Waals surface area contributed by atoms with Crippen molar-refractivity contribution in [2.24, 2.45) is 5.92 Å². The number of hydrogen-bond donors (Lipinski definition) is 0. The van der Waals surface area contributed by atoms with Crippen molar-refractivity contribution in [2.45, 2.75) is 61.0 Å². The predicted molar refractivity (Wildman–Crippen MR) is 118 cm³/mol. The number of rotatable bonds is 5. The van der Waals surface area contributed by atoms with Gasteiger partial charge in [0.2, 0.25) is 5.91 Å². The molecule has 1 spiro atoms. The molecular weight excluding hydrogens is 408 g/mol. The minimum absolute atomic E-state index is 0.0845. The Labute approximate surface area is 183 Å². The maximum absolute atomic E-state index is 13.0. The summed E-state index contributed by atoms with van der Waals surface area (Å²) >= 11 is 0. The SMILES string of the molecule is N#Cc1ccc(S(=O)(=O)Cc2ccc3c(c2)C2(CCCC2)CC(=O)N3CC2CC2)cc1. The highest BCUT2D eigenvalue weighted by atomic mass is 32.2. The molecule has 1 aliphatic heterocycles. The third-order valence-corrected chi connectivity index (χ3v) is 8.82. The van der Waals surface area contributed by atoms with Crippen molar-refractivity contribution in [3.05, 3.63) is 59.2 Å². The number of sulfone groups is 1. The van der Waals surface area contributed by atoms with E-state index in [2.05, 4.69) is 0 Å². The van der Waals surface area contributed by atoms with Crippen LogP contribution in [0.2, 0.25) is 0 Å². The first-order chi connectivity index (χ1) is 14.9. The number of fused-ring (bicyclic) bond motifs is 2. The van der Waals surface area contributed by atoms with Crippen LogP contribution in [0, 0.1) is 17.2 Å². The van der Waals surface area contributed by atoms with Crippen LogP contribution >= 0.6 is 0 Å². The van der Waals surface area contributed by atoms with Crippen molar-refractivity contribution in [2.75, 3.05) is 11.4 Å². The van der Waals surface area contributed by atoms with Gasteiger partial charge in [-0.1, -0.05) is 25.0 Å². The van der Waals surface area contributed by atoms with Crippen LogP contribution in [0.3, 0.4) is 0 Å². The zero-order valence-electron chi connectivity index (χ0n) is 17.5. The Kier molecular flexibility index (Phi) is 4.90. The average molecular weight is 435 g/mol. The molecule has 0 bridgehead atoms. The number of carbonyl (C=O) groups excluding carboxylic acids is 1. The molecule has 3 aliphatic rings. The first-order valence-corrected chi connectivity index (χ1v) is 12.7. The van der Waals surface area contributed by atoms with E-state index in [1.165, 1.54) is 37.1 Å². The van der Waals surface area contributed by atoms with Gasteiger partial charge in [-0.15, -0.1) is 0 Å². The van der Waals surface area contributed by atoms with Crippen LogP contribution in [0.25, 0.3) is 0 Å². The maximum atomic E-state index is 13.0. The molecule has 2 aliphatic carbocycles. The van der Waals surface area contributed by atoms with Crippen LogP contribution in [-0.2, 0) is 25.8 Å². The highest BCUT2D eigenvalue weighted by molar-refractivity contribution is 7.90. The molecule has 0 N–H and O–H groups in total. The van der Waals surface area contributed by atoms with Crippen LogP contribution in [-0.4, -0.2) is 20.9 Å². The van der Waals surface area contributed by atoms with Crippen molar-refractivity contribution in [1.82, 2.24) is 0 Å². The molecule has 2 aromatic rings. The smallest absolute Gasteiger partial charge is 0.227 e. The van der Waals surface area contributed by atoms with E-state index < -0.39 is 9.84 Å². The zero-order chi connectivity index (χ0) is 21.6. The van der Waals surface area contributed by atoms with Crippen LogP contribution in [0.4, 0.5) is 5.69 Å². The number of nitriles is 1. The molecule has 160 valence electrons. The number of nitrogens with zero attached hydrogens (tertiary/aromatic N) is 2. The van der Waals surface area contributed by atoms with Crippen molar-refractivity contribution in [3.8, 4) is 6.07 Å². The lowest BCUT2D eigenvalue weighted by Crippen LogP contribution is -2.44. The molecule has 0 atom stereocenters. The Morgan fingerprint density at radius 2 is 1.77 bits per heavy atom. The first kappa shape index (κ1) is 20.3. The highest BCUT2D eigenvalue weighted by Crippen LogP contribution is 2.51. The van der Waals surface area contributed by atoms with Gasteiger partial charge >= 0.3 is 0 Å². The number of carbonyl (C=O) groups is 1. The van der Waals surface area contributed by atoms with Gasteiger partial charge in [0.05, 0.1) is 22.3 Å². The number of anilines is 1. The third kappa shape index (κ3) is 3.76. The molecule has 5 nitrogen and oxygen atoms in total. The van der Waals surface area contributed by atoms with Gasteiger partial charge in [0.1, 0.15) is 0 Å². The molecule has 2 fully saturated rings. The second-order valence-corrected chi connectivity index (χ2v) is 11.3. The first-order valence-electron chi connectivity index (χ1n) is 11.1. The Morgan fingerprint density at radius 3 is 2.42 bits per heavy atom. The lowest BCUT2D eigenvalue weighted by molar-refractivity contribution is -0.120. The van der Waals surface area contributed by atoms with Gasteiger partial charge in [0, 0.05) is 24.1 Å². The summed E-state index contributed by atoms with van der Waals surface area (Å²) in [5.41, 5.74) is 3.22. The summed E-state index contributed by atoms with van der Waals surface area (Å²) in [7, 11) is -3.52. The summed E-state index contributed by atoms with van der Waals surface area (Å²) in [6, 6.07) is 14.0. The van der Waals surface area contributed by atoms with E-state index in [0.717, 1.165) is 49.0 Å². The van der Waals surface area contributed by atoms with Gasteiger partial charge in [-0.25, -0.2) is 8.42 Å². The molecule has 0 unspecified atom stereocenters. The maximum Gasteiger partial charge on any atom is 0.227 e. The van der Waals surface area contributed by atoms with Crippen LogP contribution < -0.4 is 4.90 Å². The largest absolute Gasteiger partial charge is 0.312 e. The summed E-state index contributed by atoms with van der Waals surface area (Å²) < 4.78 is 26.0. The zero-order valence-corrected chi connectivity index (χ0v) is 18.3. The third-order valence-electron chi connectivity index (χ3n) is 7.11. The molecule has 0 saturated heterocycles. The monoisotopic (exact) mass is 434 g/mol. The van der Waals surface area contributed by atoms with E-state index in [4.69, 9.17) is 5.26 Å². The summed E-state index contributed by atoms with van der Waals surface area (Å²) in [4.78, 5) is 15.2. The fraction of sp³-hybridized carbons (Fsp3) is 0.440. The second kappa shape index (κ2) is 7.49. The van der Waals surface area contributed by atoms with E-state index in [-0.39, 0.29) is 22.0 Å². The molecule has 0 radical (unpaired) electrons. The minimum Gasteiger partial charge on any atom is -0.312 e. The van der Waals surface area contributed by atoms with Crippen molar-refractivity contribution < 1.29 is 13.2 Å². The average Bonchev–Trinajstić information content (AvgIpc) is 3.47. The number of benzene rings is 2. The summed E-state index contributed by atoms with van der Waals surface area (Å²) in [6.07, 6.45) is 7.13. The molecule has 1 heterocycles. The fourth-order valence-corrected chi connectivity index (χ4v) is 6.58. The van der Waals surface area contributed by atoms with Crippen molar-refractivity contribution in [1.29, 1.82) is 5.26 Å². The van der Waals surface area contributed by atoms with Crippen molar-refractivity contribution >= 4 is 21.4 Å². The molecule has 2 saturated carbocycles. The summed E-state index contributed by atoms with van der Waals surface area (Å²) in [5, 5.41) is 8.95. The summed E-state index contributed by atoms with van der Waals surface area (Å²) in [5.74, 6) is 0.740. The standard InChI is InChI=1S/C25H26N2O3S/c26-15-18-5-8-21(9-6-18)31(29,30)17-20-7-10-23-22(13-20)25(11-1-2-12-25)14-24(28)27(23)16-19-3-4-19/h5-10,13,19H,1-4,11-12,14,16-17H2. The molecule has 0 aromatic heterocycles. The van der Waals surface area contributed by atoms with Crippen molar-refractivity contribution in [3.63, 3.8) is 0 Å². The van der Waals surface area contributed by atoms with E-state index >= 15 is 0 Å². The molecule has 5 rings (SSSR count). The molecule has 6 heteroatoms. The normalized spacial score (nSPS) is 20.0. The lowest BCUT2D eigenvalue weighted by atomic mass is 9.72. The van der Waals surface area contributed by atoms with Crippen LogP contribution in [0.15, 0.2) is 47.4 Å². The van der Waals surface area contributed by atoms with Gasteiger partial charge in [-0.2, -0.15) is 5.26 Å². The molecule has 1 amide bonds.